The fraction of sp³-hybridized carbons (Fsp3) is 0.533. The van der Waals surface area contributed by atoms with Crippen LogP contribution in [0, 0.1) is 5.92 Å². The van der Waals surface area contributed by atoms with Crippen LogP contribution in [0.3, 0.4) is 0 Å². The molecule has 2 N–H and O–H groups in total. The Kier molecular flexibility index (Phi) is 5.22. The predicted molar refractivity (Wildman–Crippen MR) is 75.0 cm³/mol. The number of anilines is 1. The van der Waals surface area contributed by atoms with Crippen molar-refractivity contribution in [2.75, 3.05) is 18.4 Å². The quantitative estimate of drug-likeness (QED) is 0.812. The van der Waals surface area contributed by atoms with Gasteiger partial charge in [-0.2, -0.15) is 13.2 Å². The van der Waals surface area contributed by atoms with Crippen LogP contribution >= 0.6 is 0 Å². The van der Waals surface area contributed by atoms with E-state index in [1.807, 2.05) is 0 Å². The van der Waals surface area contributed by atoms with Gasteiger partial charge in [0.25, 0.3) is 0 Å². The molecule has 2 rings (SSSR count). The van der Waals surface area contributed by atoms with Gasteiger partial charge in [-0.25, -0.2) is 0 Å². The first-order valence-corrected chi connectivity index (χ1v) is 7.08. The molecule has 0 heterocycles. The van der Waals surface area contributed by atoms with Gasteiger partial charge in [0.2, 0.25) is 5.91 Å². The Hall–Kier alpha value is -1.56. The lowest BCUT2D eigenvalue weighted by Crippen LogP contribution is -2.29. The molecular formula is C15H19F3N2O. The van der Waals surface area contributed by atoms with Gasteiger partial charge in [0.15, 0.2) is 0 Å². The van der Waals surface area contributed by atoms with Gasteiger partial charge in [0.1, 0.15) is 0 Å². The van der Waals surface area contributed by atoms with Crippen LogP contribution in [0.25, 0.3) is 0 Å². The van der Waals surface area contributed by atoms with Crippen molar-refractivity contribution >= 4 is 11.6 Å². The van der Waals surface area contributed by atoms with Crippen LogP contribution in [0.15, 0.2) is 24.3 Å². The highest BCUT2D eigenvalue weighted by Gasteiger charge is 2.26. The van der Waals surface area contributed by atoms with Gasteiger partial charge >= 0.3 is 6.18 Å². The summed E-state index contributed by atoms with van der Waals surface area (Å²) in [5.74, 6) is 0.520. The third-order valence-electron chi connectivity index (χ3n) is 3.32. The van der Waals surface area contributed by atoms with Crippen LogP contribution in [0.1, 0.15) is 24.8 Å². The molecule has 0 unspecified atom stereocenters. The maximum absolute atomic E-state index is 12.2. The van der Waals surface area contributed by atoms with E-state index >= 15 is 0 Å². The fourth-order valence-corrected chi connectivity index (χ4v) is 2.01. The van der Waals surface area contributed by atoms with Crippen LogP contribution in [-0.2, 0) is 11.2 Å². The van der Waals surface area contributed by atoms with Crippen molar-refractivity contribution in [2.24, 2.45) is 5.92 Å². The van der Waals surface area contributed by atoms with E-state index in [9.17, 15) is 18.0 Å². The molecule has 0 spiro atoms. The molecule has 6 heteroatoms. The molecule has 0 atom stereocenters. The first-order valence-electron chi connectivity index (χ1n) is 7.08. The van der Waals surface area contributed by atoms with Crippen molar-refractivity contribution < 1.29 is 18.0 Å². The number of alkyl halides is 3. The van der Waals surface area contributed by atoms with Crippen LogP contribution < -0.4 is 10.6 Å². The average molecular weight is 300 g/mol. The van der Waals surface area contributed by atoms with Crippen LogP contribution in [0.4, 0.5) is 18.9 Å². The summed E-state index contributed by atoms with van der Waals surface area (Å²) in [6.45, 7) is 1.07. The highest BCUT2D eigenvalue weighted by atomic mass is 19.4. The van der Waals surface area contributed by atoms with Gasteiger partial charge in [-0.15, -0.1) is 0 Å². The molecule has 1 amide bonds. The Balaban J connectivity index is 1.77. The van der Waals surface area contributed by atoms with Gasteiger partial charge in [-0.05, 0) is 49.4 Å². The summed E-state index contributed by atoms with van der Waals surface area (Å²) >= 11 is 0. The summed E-state index contributed by atoms with van der Waals surface area (Å²) in [5.41, 5.74) is 1.10. The van der Waals surface area contributed by atoms with Crippen molar-refractivity contribution in [3.63, 3.8) is 0 Å². The molecule has 21 heavy (non-hydrogen) atoms. The number of benzene rings is 1. The lowest BCUT2D eigenvalue weighted by Gasteiger charge is -2.09. The Morgan fingerprint density at radius 1 is 1.29 bits per heavy atom. The molecule has 116 valence electrons. The number of hydrogen-bond acceptors (Lipinski definition) is 2. The van der Waals surface area contributed by atoms with Crippen LogP contribution in [-0.4, -0.2) is 25.2 Å². The Labute approximate surface area is 121 Å². The van der Waals surface area contributed by atoms with Crippen LogP contribution in [0.2, 0.25) is 0 Å². The second kappa shape index (κ2) is 6.93. The second-order valence-corrected chi connectivity index (χ2v) is 5.44. The van der Waals surface area contributed by atoms with E-state index in [-0.39, 0.29) is 18.9 Å². The minimum Gasteiger partial charge on any atom is -0.325 e. The van der Waals surface area contributed by atoms with E-state index in [0.717, 1.165) is 6.54 Å². The molecule has 1 aromatic rings. The van der Waals surface area contributed by atoms with Gasteiger partial charge in [-0.1, -0.05) is 12.1 Å². The van der Waals surface area contributed by atoms with Crippen molar-refractivity contribution in [3.05, 3.63) is 29.8 Å². The zero-order chi connectivity index (χ0) is 15.3. The number of halogens is 3. The topological polar surface area (TPSA) is 41.1 Å². The summed E-state index contributed by atoms with van der Waals surface area (Å²) in [6, 6.07) is 6.55. The SMILES string of the molecule is O=C(CNCC1CC1)Nc1cccc(CCC(F)(F)F)c1. The third kappa shape index (κ3) is 6.62. The largest absolute Gasteiger partial charge is 0.389 e. The normalized spacial score (nSPS) is 15.0. The lowest BCUT2D eigenvalue weighted by atomic mass is 10.1. The lowest BCUT2D eigenvalue weighted by molar-refractivity contribution is -0.134. The predicted octanol–water partition coefficient (Wildman–Crippen LogP) is 3.12. The summed E-state index contributed by atoms with van der Waals surface area (Å²) in [4.78, 5) is 11.7. The molecule has 1 saturated carbocycles. The molecule has 0 bridgehead atoms. The van der Waals surface area contributed by atoms with Crippen molar-refractivity contribution in [2.45, 2.75) is 31.9 Å². The highest BCUT2D eigenvalue weighted by Crippen LogP contribution is 2.27. The summed E-state index contributed by atoms with van der Waals surface area (Å²) < 4.78 is 36.6. The molecule has 3 nitrogen and oxygen atoms in total. The van der Waals surface area contributed by atoms with Gasteiger partial charge < -0.3 is 10.6 Å². The maximum atomic E-state index is 12.2. The first-order chi connectivity index (χ1) is 9.92. The fourth-order valence-electron chi connectivity index (χ4n) is 2.01. The molecule has 0 aromatic heterocycles. The van der Waals surface area contributed by atoms with Gasteiger partial charge in [-0.3, -0.25) is 4.79 Å². The molecular weight excluding hydrogens is 281 g/mol. The van der Waals surface area contributed by atoms with Crippen molar-refractivity contribution in [3.8, 4) is 0 Å². The molecule has 1 aliphatic rings. The molecule has 1 aliphatic carbocycles. The second-order valence-electron chi connectivity index (χ2n) is 5.44. The molecule has 1 aromatic carbocycles. The smallest absolute Gasteiger partial charge is 0.325 e. The molecule has 0 radical (unpaired) electrons. The average Bonchev–Trinajstić information content (AvgIpc) is 3.20. The number of nitrogens with one attached hydrogen (secondary N) is 2. The van der Waals surface area contributed by atoms with E-state index in [1.54, 1.807) is 24.3 Å². The van der Waals surface area contributed by atoms with E-state index in [2.05, 4.69) is 10.6 Å². The van der Waals surface area contributed by atoms with Crippen LogP contribution in [0.5, 0.6) is 0 Å². The van der Waals surface area contributed by atoms with E-state index in [4.69, 9.17) is 0 Å². The van der Waals surface area contributed by atoms with Crippen molar-refractivity contribution in [1.82, 2.24) is 5.32 Å². The minimum atomic E-state index is -4.16. The molecule has 1 fully saturated rings. The number of carbonyl (C=O) groups excluding carboxylic acids is 1. The number of hydrogen-bond donors (Lipinski definition) is 2. The number of carbonyl (C=O) groups is 1. The summed E-state index contributed by atoms with van der Waals surface area (Å²) in [7, 11) is 0. The Bertz CT molecular complexity index is 484. The zero-order valence-corrected chi connectivity index (χ0v) is 11.7. The monoisotopic (exact) mass is 300 g/mol. The first kappa shape index (κ1) is 15.8. The highest BCUT2D eigenvalue weighted by molar-refractivity contribution is 5.92. The van der Waals surface area contributed by atoms with Gasteiger partial charge in [0, 0.05) is 12.1 Å². The standard InChI is InChI=1S/C15H19F3N2O/c16-15(17,18)7-6-11-2-1-3-13(8-11)20-14(21)10-19-9-12-4-5-12/h1-3,8,12,19H,4-7,9-10H2,(H,20,21). The van der Waals surface area contributed by atoms with E-state index in [1.165, 1.54) is 12.8 Å². The Morgan fingerprint density at radius 3 is 2.71 bits per heavy atom. The Morgan fingerprint density at radius 2 is 2.05 bits per heavy atom. The number of aryl methyl sites for hydroxylation is 1. The molecule has 0 saturated heterocycles. The third-order valence-corrected chi connectivity index (χ3v) is 3.32. The number of amides is 1. The van der Waals surface area contributed by atoms with Crippen molar-refractivity contribution in [1.29, 1.82) is 0 Å². The molecule has 0 aliphatic heterocycles. The van der Waals surface area contributed by atoms with E-state index < -0.39 is 12.6 Å². The summed E-state index contributed by atoms with van der Waals surface area (Å²) in [6.07, 6.45) is -2.65. The minimum absolute atomic E-state index is 0.0762. The zero-order valence-electron chi connectivity index (χ0n) is 11.7. The number of rotatable bonds is 7. The summed E-state index contributed by atoms with van der Waals surface area (Å²) in [5, 5.41) is 5.76. The van der Waals surface area contributed by atoms with Gasteiger partial charge in [0.05, 0.1) is 6.54 Å². The van der Waals surface area contributed by atoms with E-state index in [0.29, 0.717) is 17.2 Å². The maximum Gasteiger partial charge on any atom is 0.389 e.